The molecule has 8 nitrogen and oxygen atoms in total. The van der Waals surface area contributed by atoms with Gasteiger partial charge >= 0.3 is 0 Å². The molecule has 0 bridgehead atoms. The van der Waals surface area contributed by atoms with Gasteiger partial charge < -0.3 is 0 Å². The number of amides is 2. The highest BCUT2D eigenvalue weighted by Crippen LogP contribution is 2.49. The largest absolute Gasteiger partial charge is 0.274 e. The normalized spacial score (nSPS) is 26.8. The lowest BCUT2D eigenvalue weighted by molar-refractivity contribution is -0.384. The molecule has 29 heavy (non-hydrogen) atoms. The van der Waals surface area contributed by atoms with E-state index in [1.54, 1.807) is 6.07 Å². The standard InChI is InChI=1S/C20H17BrN4O4/c21-13-7-5-12(6-8-13)17-16-18(23-10-2-9-22(17)23)20(27)24(19(16)26)14-3-1-4-15(11-14)25(28)29/h1,3-8,11,16-18H,2,9-10H2/t16-,17-,18-/m1/s1. The van der Waals surface area contributed by atoms with Crippen LogP contribution in [0.5, 0.6) is 0 Å². The molecule has 3 aliphatic heterocycles. The molecule has 5 rings (SSSR count). The first-order chi connectivity index (χ1) is 14.0. The Morgan fingerprint density at radius 1 is 0.966 bits per heavy atom. The topological polar surface area (TPSA) is 87.0 Å². The van der Waals surface area contributed by atoms with Crippen LogP contribution >= 0.6 is 15.9 Å². The Morgan fingerprint density at radius 2 is 1.66 bits per heavy atom. The van der Waals surface area contributed by atoms with Crippen molar-refractivity contribution in [3.63, 3.8) is 0 Å². The van der Waals surface area contributed by atoms with Gasteiger partial charge in [-0.15, -0.1) is 0 Å². The van der Waals surface area contributed by atoms with Crippen LogP contribution in [0, 0.1) is 16.0 Å². The summed E-state index contributed by atoms with van der Waals surface area (Å²) in [7, 11) is 0. The molecule has 3 aliphatic rings. The van der Waals surface area contributed by atoms with E-state index < -0.39 is 16.9 Å². The van der Waals surface area contributed by atoms with Gasteiger partial charge in [0.05, 0.1) is 22.6 Å². The zero-order valence-corrected chi connectivity index (χ0v) is 16.9. The number of carbonyl (C=O) groups excluding carboxylic acids is 2. The molecule has 9 heteroatoms. The molecule has 3 saturated heterocycles. The van der Waals surface area contributed by atoms with Gasteiger partial charge in [0, 0.05) is 29.7 Å². The lowest BCUT2D eigenvalue weighted by Gasteiger charge is -2.29. The third-order valence-corrected chi connectivity index (χ3v) is 6.44. The Kier molecular flexibility index (Phi) is 4.27. The molecule has 0 N–H and O–H groups in total. The SMILES string of the molecule is O=C1[C@@H]2[C@@H](c3ccc(Br)cc3)N3CCCN3[C@H]2C(=O)N1c1cccc([N+](=O)[O-])c1. The molecule has 3 heterocycles. The van der Waals surface area contributed by atoms with Crippen molar-refractivity contribution in [2.75, 3.05) is 18.0 Å². The van der Waals surface area contributed by atoms with E-state index in [0.29, 0.717) is 0 Å². The molecule has 0 aliphatic carbocycles. The first-order valence-electron chi connectivity index (χ1n) is 9.38. The van der Waals surface area contributed by atoms with Crippen molar-refractivity contribution in [2.45, 2.75) is 18.5 Å². The van der Waals surface area contributed by atoms with Crippen LogP contribution in [-0.4, -0.2) is 45.9 Å². The van der Waals surface area contributed by atoms with Gasteiger partial charge in [-0.1, -0.05) is 34.1 Å². The van der Waals surface area contributed by atoms with Crippen molar-refractivity contribution in [3.8, 4) is 0 Å². The van der Waals surface area contributed by atoms with Crippen LogP contribution in [-0.2, 0) is 9.59 Å². The number of imide groups is 1. The number of nitrogens with zero attached hydrogens (tertiary/aromatic N) is 4. The van der Waals surface area contributed by atoms with E-state index in [-0.39, 0.29) is 29.2 Å². The van der Waals surface area contributed by atoms with Crippen LogP contribution in [0.2, 0.25) is 0 Å². The molecule has 0 saturated carbocycles. The van der Waals surface area contributed by atoms with Gasteiger partial charge in [-0.05, 0) is 30.2 Å². The molecule has 148 valence electrons. The molecule has 3 fully saturated rings. The number of nitro groups is 1. The fraction of sp³-hybridized carbons (Fsp3) is 0.300. The maximum atomic E-state index is 13.4. The summed E-state index contributed by atoms with van der Waals surface area (Å²) in [6.07, 6.45) is 0.925. The van der Waals surface area contributed by atoms with Gasteiger partial charge in [-0.3, -0.25) is 19.7 Å². The van der Waals surface area contributed by atoms with Crippen molar-refractivity contribution in [2.24, 2.45) is 5.92 Å². The second-order valence-corrected chi connectivity index (χ2v) is 8.35. The Balaban J connectivity index is 1.57. The summed E-state index contributed by atoms with van der Waals surface area (Å²) in [6, 6.07) is 12.7. The highest BCUT2D eigenvalue weighted by Gasteiger charge is 2.62. The van der Waals surface area contributed by atoms with Crippen LogP contribution < -0.4 is 4.90 Å². The van der Waals surface area contributed by atoms with Crippen molar-refractivity contribution in [1.82, 2.24) is 10.0 Å². The van der Waals surface area contributed by atoms with Crippen molar-refractivity contribution in [3.05, 3.63) is 68.7 Å². The fourth-order valence-electron chi connectivity index (χ4n) is 4.77. The number of halogens is 1. The highest BCUT2D eigenvalue weighted by atomic mass is 79.9. The molecule has 0 aromatic heterocycles. The first kappa shape index (κ1) is 18.4. The number of non-ortho nitro benzene ring substituents is 1. The minimum atomic E-state index is -0.571. The zero-order valence-electron chi connectivity index (χ0n) is 15.3. The van der Waals surface area contributed by atoms with E-state index in [1.165, 1.54) is 18.2 Å². The van der Waals surface area contributed by atoms with E-state index in [9.17, 15) is 19.7 Å². The van der Waals surface area contributed by atoms with Gasteiger partial charge in [0.2, 0.25) is 5.91 Å². The Hall–Kier alpha value is -2.62. The number of hydrogen-bond acceptors (Lipinski definition) is 6. The van der Waals surface area contributed by atoms with E-state index in [1.807, 2.05) is 29.3 Å². The molecule has 2 amide bonds. The van der Waals surface area contributed by atoms with Gasteiger partial charge in [0.15, 0.2) is 0 Å². The number of anilines is 1. The molecule has 2 aromatic rings. The van der Waals surface area contributed by atoms with Crippen molar-refractivity contribution >= 4 is 39.1 Å². The number of hydrogen-bond donors (Lipinski definition) is 0. The highest BCUT2D eigenvalue weighted by molar-refractivity contribution is 9.10. The van der Waals surface area contributed by atoms with E-state index in [0.717, 1.165) is 34.4 Å². The van der Waals surface area contributed by atoms with E-state index in [2.05, 4.69) is 20.9 Å². The molecule has 3 atom stereocenters. The van der Waals surface area contributed by atoms with E-state index in [4.69, 9.17) is 0 Å². The minimum absolute atomic E-state index is 0.146. The summed E-state index contributed by atoms with van der Waals surface area (Å²) in [5.74, 6) is -1.15. The molecular weight excluding hydrogens is 440 g/mol. The lowest BCUT2D eigenvalue weighted by atomic mass is 9.90. The summed E-state index contributed by atoms with van der Waals surface area (Å²) in [6.45, 7) is 1.51. The summed E-state index contributed by atoms with van der Waals surface area (Å²) in [5.41, 5.74) is 1.09. The smallest absolute Gasteiger partial charge is 0.271 e. The van der Waals surface area contributed by atoms with Gasteiger partial charge in [-0.25, -0.2) is 14.9 Å². The quantitative estimate of drug-likeness (QED) is 0.400. The number of nitro benzene ring substituents is 1. The van der Waals surface area contributed by atoms with Crippen LogP contribution in [0.1, 0.15) is 18.0 Å². The molecule has 0 spiro atoms. The number of benzene rings is 2. The average molecular weight is 457 g/mol. The van der Waals surface area contributed by atoms with Crippen LogP contribution in [0.3, 0.4) is 0 Å². The minimum Gasteiger partial charge on any atom is -0.274 e. The third-order valence-electron chi connectivity index (χ3n) is 5.92. The summed E-state index contributed by atoms with van der Waals surface area (Å²) in [4.78, 5) is 38.5. The zero-order chi connectivity index (χ0) is 20.3. The summed E-state index contributed by atoms with van der Waals surface area (Å²) < 4.78 is 0.945. The monoisotopic (exact) mass is 456 g/mol. The van der Waals surface area contributed by atoms with Gasteiger partial charge in [-0.2, -0.15) is 0 Å². The summed E-state index contributed by atoms with van der Waals surface area (Å²) >= 11 is 3.44. The average Bonchev–Trinajstić information content (AvgIpc) is 3.35. The van der Waals surface area contributed by atoms with Crippen molar-refractivity contribution < 1.29 is 14.5 Å². The van der Waals surface area contributed by atoms with Crippen molar-refractivity contribution in [1.29, 1.82) is 0 Å². The molecule has 0 radical (unpaired) electrons. The summed E-state index contributed by atoms with van der Waals surface area (Å²) in [5, 5.41) is 15.3. The Labute approximate surface area is 174 Å². The first-order valence-corrected chi connectivity index (χ1v) is 10.2. The number of hydrazine groups is 1. The van der Waals surface area contributed by atoms with Crippen LogP contribution in [0.25, 0.3) is 0 Å². The predicted octanol–water partition coefficient (Wildman–Crippen LogP) is 2.89. The predicted molar refractivity (Wildman–Crippen MR) is 108 cm³/mol. The second-order valence-electron chi connectivity index (χ2n) is 7.44. The van der Waals surface area contributed by atoms with Gasteiger partial charge in [0.25, 0.3) is 11.6 Å². The molecule has 0 unspecified atom stereocenters. The van der Waals surface area contributed by atoms with Crippen LogP contribution in [0.15, 0.2) is 53.0 Å². The molecule has 2 aromatic carbocycles. The maximum absolute atomic E-state index is 13.4. The molecular formula is C20H17BrN4O4. The lowest BCUT2D eigenvalue weighted by Crippen LogP contribution is -2.44. The van der Waals surface area contributed by atoms with E-state index >= 15 is 0 Å². The number of fused-ring (bicyclic) bond motifs is 3. The van der Waals surface area contributed by atoms with Gasteiger partial charge in [0.1, 0.15) is 6.04 Å². The third kappa shape index (κ3) is 2.72. The second kappa shape index (κ2) is 6.72. The number of carbonyl (C=O) groups is 2. The maximum Gasteiger partial charge on any atom is 0.271 e. The number of rotatable bonds is 3. The van der Waals surface area contributed by atoms with Crippen LogP contribution in [0.4, 0.5) is 11.4 Å². The Morgan fingerprint density at radius 3 is 2.34 bits per heavy atom. The fourth-order valence-corrected chi connectivity index (χ4v) is 5.04. The Bertz CT molecular complexity index is 1030.